The van der Waals surface area contributed by atoms with Gasteiger partial charge in [-0.3, -0.25) is 4.79 Å². The Morgan fingerprint density at radius 2 is 1.88 bits per heavy atom. The highest BCUT2D eigenvalue weighted by Crippen LogP contribution is 2.36. The number of esters is 2. The average Bonchev–Trinajstić information content (AvgIpc) is 3.11. The molecule has 0 amide bonds. The molecular weight excluding hydrogens is 724 g/mol. The molecule has 14 heteroatoms. The summed E-state index contributed by atoms with van der Waals surface area (Å²) < 4.78 is 42.8. The Labute approximate surface area is 334 Å². The molecule has 3 heterocycles. The van der Waals surface area contributed by atoms with E-state index in [4.69, 9.17) is 33.2 Å². The number of allylic oxidation sites excluding steroid dienone is 2. The number of hydrogen-bond donors (Lipinski definition) is 4. The molecule has 3 aliphatic rings. The summed E-state index contributed by atoms with van der Waals surface area (Å²) in [7, 11) is 5.17. The number of rotatable bonds is 14. The zero-order valence-electron chi connectivity index (χ0n) is 35.0. The zero-order chi connectivity index (χ0) is 41.6. The lowest BCUT2D eigenvalue weighted by Gasteiger charge is -2.49. The van der Waals surface area contributed by atoms with Gasteiger partial charge >= 0.3 is 11.9 Å². The van der Waals surface area contributed by atoms with E-state index < -0.39 is 78.9 Å². The first-order valence-electron chi connectivity index (χ1n) is 20.1. The summed E-state index contributed by atoms with van der Waals surface area (Å²) in [5.74, 6) is -1.27. The fourth-order valence-electron chi connectivity index (χ4n) is 7.41. The fraction of sp³-hybridized carbons (Fsp3) is 0.762. The summed E-state index contributed by atoms with van der Waals surface area (Å²) in [6.45, 7) is 16.0. The minimum atomic E-state index is -1.42. The van der Waals surface area contributed by atoms with Crippen LogP contribution in [-0.2, 0) is 42.7 Å². The lowest BCUT2D eigenvalue weighted by atomic mass is 9.83. The molecule has 4 N–H and O–H groups in total. The van der Waals surface area contributed by atoms with Gasteiger partial charge in [0, 0.05) is 39.0 Å². The molecule has 2 fully saturated rings. The number of carbonyl (C=O) groups excluding carboxylic acids is 2. The van der Waals surface area contributed by atoms with Crippen LogP contribution < -0.4 is 5.32 Å². The first-order chi connectivity index (χ1) is 26.5. The quantitative estimate of drug-likeness (QED) is 0.114. The summed E-state index contributed by atoms with van der Waals surface area (Å²) in [6.07, 6.45) is 5.72. The number of ether oxygens (including phenoxy) is 7. The smallest absolute Gasteiger partial charge is 0.330 e. The molecule has 2 saturated heterocycles. The molecule has 56 heavy (non-hydrogen) atoms. The van der Waals surface area contributed by atoms with Crippen LogP contribution in [0.5, 0.6) is 0 Å². The molecule has 0 radical (unpaired) electrons. The Kier molecular flexibility index (Phi) is 19.8. The van der Waals surface area contributed by atoms with E-state index in [1.165, 1.54) is 13.2 Å². The number of nitrogens with zero attached hydrogens (tertiary/aromatic N) is 1. The van der Waals surface area contributed by atoms with E-state index >= 15 is 0 Å². The van der Waals surface area contributed by atoms with Gasteiger partial charge in [0.2, 0.25) is 0 Å². The predicted molar refractivity (Wildman–Crippen MR) is 211 cm³/mol. The Balaban J connectivity index is 1.91. The molecule has 3 rings (SSSR count). The Bertz CT molecular complexity index is 1300. The maximum atomic E-state index is 12.9. The van der Waals surface area contributed by atoms with Gasteiger partial charge in [0.25, 0.3) is 0 Å². The van der Waals surface area contributed by atoms with Crippen LogP contribution in [0.15, 0.2) is 49.1 Å². The second kappa shape index (κ2) is 23.2. The van der Waals surface area contributed by atoms with Gasteiger partial charge < -0.3 is 58.7 Å². The van der Waals surface area contributed by atoms with Gasteiger partial charge in [0.15, 0.2) is 18.7 Å². The van der Waals surface area contributed by atoms with Crippen molar-refractivity contribution in [1.29, 1.82) is 0 Å². The molecule has 320 valence electrons. The van der Waals surface area contributed by atoms with Crippen molar-refractivity contribution in [2.45, 2.75) is 147 Å². The number of nitrogens with one attached hydrogen (secondary N) is 1. The highest BCUT2D eigenvalue weighted by molar-refractivity contribution is 5.82. The van der Waals surface area contributed by atoms with Crippen LogP contribution in [0.4, 0.5) is 0 Å². The van der Waals surface area contributed by atoms with Crippen LogP contribution in [0.2, 0.25) is 0 Å². The standard InChI is InChI=1S/C42H70N2O12/c1-11-20-43-21-19-30-23-27(4)31(45)16-14-12-13-15-28(5)52-34(46)18-17-32(50-10)40(30)56-41-38(48)37(44(8)9)39(29(6)53-41)55-36-24-42(7,49)33(25-51-36)54-35(47)22-26(2)3/h11-14,16-18,26-33,36-41,43,45,48-49H,1,15,19-25H2,2-10H3/b13-12+,16-14+,18-17-/t27-,28-,29-,30+,31+,32?,33+,36+,37-,38-,39-,40+,41+,42-/m1/s1. The van der Waals surface area contributed by atoms with Gasteiger partial charge in [-0.05, 0) is 78.1 Å². The minimum absolute atomic E-state index is 0.0221. The van der Waals surface area contributed by atoms with Crippen LogP contribution in [0.1, 0.15) is 73.6 Å². The van der Waals surface area contributed by atoms with Crippen LogP contribution in [0.3, 0.4) is 0 Å². The van der Waals surface area contributed by atoms with E-state index in [9.17, 15) is 24.9 Å². The fourth-order valence-corrected chi connectivity index (χ4v) is 7.41. The molecule has 0 saturated carbocycles. The number of likely N-dealkylation sites (N-methyl/N-ethyl adjacent to an activating group) is 1. The molecule has 0 bridgehead atoms. The number of carbonyl (C=O) groups is 2. The number of hydrogen-bond acceptors (Lipinski definition) is 14. The summed E-state index contributed by atoms with van der Waals surface area (Å²) in [4.78, 5) is 27.1. The van der Waals surface area contributed by atoms with Crippen LogP contribution in [0.25, 0.3) is 0 Å². The normalized spacial score (nSPS) is 39.5. The molecule has 0 aromatic carbocycles. The average molecular weight is 795 g/mol. The Hall–Kier alpha value is -2.50. The third kappa shape index (κ3) is 14.7. The van der Waals surface area contributed by atoms with Gasteiger partial charge in [-0.25, -0.2) is 4.79 Å². The molecular formula is C42H70N2O12. The van der Waals surface area contributed by atoms with Gasteiger partial charge in [-0.2, -0.15) is 0 Å². The van der Waals surface area contributed by atoms with Crippen molar-refractivity contribution in [3.8, 4) is 0 Å². The molecule has 14 nitrogen and oxygen atoms in total. The van der Waals surface area contributed by atoms with Crippen molar-refractivity contribution in [3.05, 3.63) is 49.1 Å². The maximum Gasteiger partial charge on any atom is 0.330 e. The molecule has 0 spiro atoms. The minimum Gasteiger partial charge on any atom is -0.459 e. The third-order valence-electron chi connectivity index (χ3n) is 10.6. The van der Waals surface area contributed by atoms with Gasteiger partial charge in [0.1, 0.15) is 30.0 Å². The van der Waals surface area contributed by atoms with Crippen molar-refractivity contribution < 1.29 is 58.1 Å². The van der Waals surface area contributed by atoms with Crippen LogP contribution in [-0.4, -0.2) is 146 Å². The van der Waals surface area contributed by atoms with Gasteiger partial charge in [-0.1, -0.05) is 51.2 Å². The Morgan fingerprint density at radius 1 is 1.14 bits per heavy atom. The largest absolute Gasteiger partial charge is 0.459 e. The highest BCUT2D eigenvalue weighted by Gasteiger charge is 2.51. The molecule has 0 aromatic heterocycles. The number of cyclic esters (lactones) is 1. The molecule has 0 aromatic rings. The summed E-state index contributed by atoms with van der Waals surface area (Å²) in [5.41, 5.74) is -1.42. The topological polar surface area (TPSA) is 175 Å². The van der Waals surface area contributed by atoms with Crippen molar-refractivity contribution in [2.75, 3.05) is 40.9 Å². The van der Waals surface area contributed by atoms with Crippen molar-refractivity contribution in [2.24, 2.45) is 17.8 Å². The second-order valence-electron chi connectivity index (χ2n) is 16.4. The molecule has 1 unspecified atom stereocenters. The monoisotopic (exact) mass is 794 g/mol. The van der Waals surface area contributed by atoms with Crippen molar-refractivity contribution in [3.63, 3.8) is 0 Å². The number of aliphatic hydroxyl groups is 3. The van der Waals surface area contributed by atoms with Gasteiger partial charge in [-0.15, -0.1) is 6.58 Å². The first-order valence-corrected chi connectivity index (χ1v) is 20.1. The zero-order valence-corrected chi connectivity index (χ0v) is 35.0. The lowest BCUT2D eigenvalue weighted by molar-refractivity contribution is -0.335. The van der Waals surface area contributed by atoms with E-state index in [-0.39, 0.29) is 43.3 Å². The maximum absolute atomic E-state index is 12.9. The lowest BCUT2D eigenvalue weighted by Crippen LogP contribution is -2.65. The van der Waals surface area contributed by atoms with E-state index in [1.54, 1.807) is 38.2 Å². The highest BCUT2D eigenvalue weighted by atomic mass is 16.7. The molecule has 14 atom stereocenters. The van der Waals surface area contributed by atoms with E-state index in [0.717, 1.165) is 0 Å². The predicted octanol–water partition coefficient (Wildman–Crippen LogP) is 3.44. The number of aliphatic hydroxyl groups excluding tert-OH is 2. The SMILES string of the molecule is C=CCNCC[C@H]1C[C@@H](C)[C@@H](O)/C=C/C=C/C[C@@H](C)OC(=O)/C=C\C(OC)[C@H]1O[C@@H]1O[C@H](C)[C@@H](O[C@H]2C[C@@](C)(O)[C@@H](OC(=O)CC(C)C)CO2)[C@H](N(C)C)[C@H]1O. The van der Waals surface area contributed by atoms with Gasteiger partial charge in [0.05, 0.1) is 31.0 Å². The molecule has 3 aliphatic heterocycles. The summed E-state index contributed by atoms with van der Waals surface area (Å²) in [6, 6.07) is -0.648. The second-order valence-corrected chi connectivity index (χ2v) is 16.4. The van der Waals surface area contributed by atoms with E-state index in [2.05, 4.69) is 11.9 Å². The van der Waals surface area contributed by atoms with Crippen molar-refractivity contribution in [1.82, 2.24) is 10.2 Å². The van der Waals surface area contributed by atoms with Crippen molar-refractivity contribution >= 4 is 11.9 Å². The third-order valence-corrected chi connectivity index (χ3v) is 10.6. The molecule has 0 aliphatic carbocycles. The summed E-state index contributed by atoms with van der Waals surface area (Å²) in [5, 5.41) is 37.8. The summed E-state index contributed by atoms with van der Waals surface area (Å²) >= 11 is 0. The van der Waals surface area contributed by atoms with E-state index in [0.29, 0.717) is 32.4 Å². The Morgan fingerprint density at radius 3 is 2.52 bits per heavy atom. The van der Waals surface area contributed by atoms with E-state index in [1.807, 2.05) is 58.8 Å². The number of methoxy groups -OCH3 is 1. The van der Waals surface area contributed by atoms with Crippen LogP contribution in [0, 0.1) is 17.8 Å². The first kappa shape index (κ1) is 47.9. The van der Waals surface area contributed by atoms with Crippen LogP contribution >= 0.6 is 0 Å².